The highest BCUT2D eigenvalue weighted by Gasteiger charge is 2.14. The van der Waals surface area contributed by atoms with E-state index in [1.54, 1.807) is 6.07 Å². The van der Waals surface area contributed by atoms with Gasteiger partial charge in [0.15, 0.2) is 0 Å². The molecule has 0 aliphatic carbocycles. The Morgan fingerprint density at radius 1 is 1.44 bits per heavy atom. The van der Waals surface area contributed by atoms with Crippen molar-refractivity contribution in [2.75, 3.05) is 0 Å². The molecule has 0 spiro atoms. The van der Waals surface area contributed by atoms with Crippen LogP contribution in [-0.4, -0.2) is 6.04 Å². The van der Waals surface area contributed by atoms with Crippen LogP contribution in [-0.2, 0) is 6.42 Å². The third kappa shape index (κ3) is 4.92. The van der Waals surface area contributed by atoms with Crippen molar-refractivity contribution in [1.82, 2.24) is 5.43 Å². The van der Waals surface area contributed by atoms with Gasteiger partial charge in [0.1, 0.15) is 5.82 Å². The monoisotopic (exact) mass is 272 g/mol. The molecule has 0 aliphatic heterocycles. The summed E-state index contributed by atoms with van der Waals surface area (Å²) in [6.07, 6.45) is 4.09. The van der Waals surface area contributed by atoms with Gasteiger partial charge in [-0.05, 0) is 36.5 Å². The molecule has 0 bridgehead atoms. The summed E-state index contributed by atoms with van der Waals surface area (Å²) >= 11 is 6.02. The van der Waals surface area contributed by atoms with Crippen molar-refractivity contribution in [2.45, 2.75) is 45.6 Å². The third-order valence-corrected chi connectivity index (χ3v) is 3.54. The molecule has 0 saturated carbocycles. The fourth-order valence-corrected chi connectivity index (χ4v) is 2.50. The molecule has 0 aromatic heterocycles. The van der Waals surface area contributed by atoms with Gasteiger partial charge < -0.3 is 0 Å². The van der Waals surface area contributed by atoms with Crippen molar-refractivity contribution < 1.29 is 4.39 Å². The second-order valence-corrected chi connectivity index (χ2v) is 5.34. The largest absolute Gasteiger partial charge is 0.271 e. The van der Waals surface area contributed by atoms with E-state index in [0.717, 1.165) is 18.4 Å². The number of benzene rings is 1. The molecule has 0 radical (unpaired) electrons. The van der Waals surface area contributed by atoms with Gasteiger partial charge in [0.2, 0.25) is 0 Å². The SMILES string of the molecule is CCCC(C)CC(Cc1ccc(F)cc1Cl)NN. The van der Waals surface area contributed by atoms with E-state index in [4.69, 9.17) is 17.4 Å². The molecule has 0 fully saturated rings. The Morgan fingerprint density at radius 3 is 2.72 bits per heavy atom. The zero-order valence-electron chi connectivity index (χ0n) is 11.0. The molecule has 4 heteroatoms. The average molecular weight is 273 g/mol. The van der Waals surface area contributed by atoms with Crippen molar-refractivity contribution in [2.24, 2.45) is 11.8 Å². The van der Waals surface area contributed by atoms with Crippen LogP contribution in [0, 0.1) is 11.7 Å². The van der Waals surface area contributed by atoms with Gasteiger partial charge >= 0.3 is 0 Å². The number of hydrogen-bond donors (Lipinski definition) is 2. The van der Waals surface area contributed by atoms with Crippen LogP contribution in [0.15, 0.2) is 18.2 Å². The fourth-order valence-electron chi connectivity index (χ4n) is 2.26. The van der Waals surface area contributed by atoms with Gasteiger partial charge in [0.25, 0.3) is 0 Å². The zero-order valence-corrected chi connectivity index (χ0v) is 11.8. The van der Waals surface area contributed by atoms with Gasteiger partial charge in [-0.25, -0.2) is 4.39 Å². The predicted octanol–water partition coefficient (Wildman–Crippen LogP) is 3.68. The first kappa shape index (κ1) is 15.4. The second kappa shape index (κ2) is 7.72. The average Bonchev–Trinajstić information content (AvgIpc) is 2.31. The molecule has 0 aliphatic rings. The fraction of sp³-hybridized carbons (Fsp3) is 0.571. The third-order valence-electron chi connectivity index (χ3n) is 3.19. The molecule has 1 aromatic rings. The molecule has 0 amide bonds. The van der Waals surface area contributed by atoms with E-state index in [1.807, 2.05) is 0 Å². The lowest BCUT2D eigenvalue weighted by Crippen LogP contribution is -2.38. The van der Waals surface area contributed by atoms with Crippen LogP contribution in [0.3, 0.4) is 0 Å². The molecule has 0 heterocycles. The van der Waals surface area contributed by atoms with Gasteiger partial charge in [-0.1, -0.05) is 44.4 Å². The summed E-state index contributed by atoms with van der Waals surface area (Å²) in [6.45, 7) is 4.40. The molecule has 102 valence electrons. The van der Waals surface area contributed by atoms with Crippen LogP contribution in [0.5, 0.6) is 0 Å². The van der Waals surface area contributed by atoms with E-state index in [1.165, 1.54) is 25.0 Å². The van der Waals surface area contributed by atoms with Crippen molar-refractivity contribution in [1.29, 1.82) is 0 Å². The topological polar surface area (TPSA) is 38.0 Å². The highest BCUT2D eigenvalue weighted by molar-refractivity contribution is 6.31. The first-order chi connectivity index (χ1) is 8.56. The summed E-state index contributed by atoms with van der Waals surface area (Å²) in [5, 5.41) is 0.471. The number of hydrogen-bond acceptors (Lipinski definition) is 2. The summed E-state index contributed by atoms with van der Waals surface area (Å²) in [7, 11) is 0. The smallest absolute Gasteiger partial charge is 0.124 e. The molecule has 0 saturated heterocycles. The lowest BCUT2D eigenvalue weighted by Gasteiger charge is -2.20. The summed E-state index contributed by atoms with van der Waals surface area (Å²) in [4.78, 5) is 0. The van der Waals surface area contributed by atoms with Gasteiger partial charge in [-0.15, -0.1) is 0 Å². The Hall–Kier alpha value is -0.640. The Morgan fingerprint density at radius 2 is 2.17 bits per heavy atom. The number of nitrogens with one attached hydrogen (secondary N) is 1. The van der Waals surface area contributed by atoms with Crippen LogP contribution in [0.4, 0.5) is 4.39 Å². The highest BCUT2D eigenvalue weighted by Crippen LogP contribution is 2.21. The van der Waals surface area contributed by atoms with Crippen LogP contribution < -0.4 is 11.3 Å². The van der Waals surface area contributed by atoms with Crippen LogP contribution in [0.1, 0.15) is 38.7 Å². The molecule has 18 heavy (non-hydrogen) atoms. The molecule has 2 unspecified atom stereocenters. The van der Waals surface area contributed by atoms with E-state index >= 15 is 0 Å². The van der Waals surface area contributed by atoms with E-state index in [2.05, 4.69) is 19.3 Å². The minimum absolute atomic E-state index is 0.175. The summed E-state index contributed by atoms with van der Waals surface area (Å²) < 4.78 is 13.0. The Kier molecular flexibility index (Phi) is 6.61. The van der Waals surface area contributed by atoms with Gasteiger partial charge in [-0.2, -0.15) is 0 Å². The molecular weight excluding hydrogens is 251 g/mol. The summed E-state index contributed by atoms with van der Waals surface area (Å²) in [6, 6.07) is 4.69. The first-order valence-electron chi connectivity index (χ1n) is 6.46. The quantitative estimate of drug-likeness (QED) is 0.587. The zero-order chi connectivity index (χ0) is 13.5. The molecule has 1 aromatic carbocycles. The minimum Gasteiger partial charge on any atom is -0.271 e. The maximum Gasteiger partial charge on any atom is 0.124 e. The van der Waals surface area contributed by atoms with Gasteiger partial charge in [0, 0.05) is 11.1 Å². The predicted molar refractivity (Wildman–Crippen MR) is 74.9 cm³/mol. The van der Waals surface area contributed by atoms with Crippen molar-refractivity contribution >= 4 is 11.6 Å². The number of rotatable bonds is 7. The normalized spacial score (nSPS) is 14.5. The lowest BCUT2D eigenvalue weighted by atomic mass is 9.93. The van der Waals surface area contributed by atoms with Crippen molar-refractivity contribution in [3.63, 3.8) is 0 Å². The first-order valence-corrected chi connectivity index (χ1v) is 6.84. The van der Waals surface area contributed by atoms with E-state index in [-0.39, 0.29) is 11.9 Å². The molecule has 2 nitrogen and oxygen atoms in total. The molecular formula is C14H22ClFN2. The maximum absolute atomic E-state index is 13.0. The number of halogens is 2. The summed E-state index contributed by atoms with van der Waals surface area (Å²) in [5.41, 5.74) is 3.76. The van der Waals surface area contributed by atoms with Crippen molar-refractivity contribution in [3.05, 3.63) is 34.6 Å². The Labute approximate surface area is 114 Å². The van der Waals surface area contributed by atoms with E-state index < -0.39 is 0 Å². The van der Waals surface area contributed by atoms with Gasteiger partial charge in [0.05, 0.1) is 0 Å². The van der Waals surface area contributed by atoms with Gasteiger partial charge in [-0.3, -0.25) is 11.3 Å². The number of hydrazine groups is 1. The molecule has 1 rings (SSSR count). The van der Waals surface area contributed by atoms with Crippen LogP contribution in [0.2, 0.25) is 5.02 Å². The Balaban J connectivity index is 2.62. The van der Waals surface area contributed by atoms with Crippen LogP contribution >= 0.6 is 11.6 Å². The highest BCUT2D eigenvalue weighted by atomic mass is 35.5. The van der Waals surface area contributed by atoms with Crippen molar-refractivity contribution in [3.8, 4) is 0 Å². The standard InChI is InChI=1S/C14H22ClFN2/c1-3-4-10(2)7-13(18-17)8-11-5-6-12(16)9-14(11)15/h5-6,9-10,13,18H,3-4,7-8,17H2,1-2H3. The number of nitrogens with two attached hydrogens (primary N) is 1. The molecule has 2 atom stereocenters. The lowest BCUT2D eigenvalue weighted by molar-refractivity contribution is 0.385. The molecule has 3 N–H and O–H groups in total. The van der Waals surface area contributed by atoms with Crippen LogP contribution in [0.25, 0.3) is 0 Å². The maximum atomic E-state index is 13.0. The summed E-state index contributed by atoms with van der Waals surface area (Å²) in [5.74, 6) is 5.89. The van der Waals surface area contributed by atoms with E-state index in [0.29, 0.717) is 10.9 Å². The second-order valence-electron chi connectivity index (χ2n) is 4.93. The minimum atomic E-state index is -0.305. The Bertz CT molecular complexity index is 371. The van der Waals surface area contributed by atoms with E-state index in [9.17, 15) is 4.39 Å².